The number of nitrogens with zero attached hydrogens (tertiary/aromatic N) is 2. The second-order valence-electron chi connectivity index (χ2n) is 2.26. The quantitative estimate of drug-likeness (QED) is 0.641. The maximum absolute atomic E-state index is 10.8. The molecule has 0 unspecified atom stereocenters. The highest BCUT2D eigenvalue weighted by Crippen LogP contribution is 2.16. The van der Waals surface area contributed by atoms with E-state index in [0.29, 0.717) is 5.01 Å². The van der Waals surface area contributed by atoms with Gasteiger partial charge in [-0.3, -0.25) is 4.79 Å². The third-order valence-corrected chi connectivity index (χ3v) is 2.74. The standard InChI is InChI=1S/C7H4IN3OS/c8-5-3-1-2-4(9-5)6-10-11-7(12)13-6/h1-3H,(H,11,12). The number of H-pyrrole nitrogens is 1. The number of aromatic nitrogens is 3. The first-order valence-corrected chi connectivity index (χ1v) is 5.34. The lowest BCUT2D eigenvalue weighted by molar-refractivity contribution is 1.05. The van der Waals surface area contributed by atoms with Gasteiger partial charge in [-0.1, -0.05) is 17.4 Å². The number of hydrogen-bond acceptors (Lipinski definition) is 4. The Balaban J connectivity index is 2.52. The minimum absolute atomic E-state index is 0.157. The van der Waals surface area contributed by atoms with Gasteiger partial charge in [-0.25, -0.2) is 10.1 Å². The molecular weight excluding hydrogens is 301 g/mol. The van der Waals surface area contributed by atoms with Crippen LogP contribution in [0.2, 0.25) is 0 Å². The molecule has 4 nitrogen and oxygen atoms in total. The molecule has 0 bridgehead atoms. The van der Waals surface area contributed by atoms with Crippen LogP contribution in [0.3, 0.4) is 0 Å². The number of rotatable bonds is 1. The zero-order valence-electron chi connectivity index (χ0n) is 6.32. The number of aromatic amines is 1. The minimum Gasteiger partial charge on any atom is -0.255 e. The molecule has 0 aliphatic carbocycles. The van der Waals surface area contributed by atoms with Crippen LogP contribution in [0.25, 0.3) is 10.7 Å². The molecular formula is C7H4IN3OS. The van der Waals surface area contributed by atoms with Crippen molar-refractivity contribution < 1.29 is 0 Å². The molecule has 0 atom stereocenters. The minimum atomic E-state index is -0.157. The van der Waals surface area contributed by atoms with Crippen molar-refractivity contribution in [3.05, 3.63) is 31.6 Å². The van der Waals surface area contributed by atoms with Crippen LogP contribution in [0.5, 0.6) is 0 Å². The normalized spacial score (nSPS) is 10.2. The van der Waals surface area contributed by atoms with E-state index in [9.17, 15) is 4.79 Å². The number of hydrogen-bond donors (Lipinski definition) is 1. The Labute approximate surface area is 91.2 Å². The molecule has 0 amide bonds. The molecule has 6 heteroatoms. The highest BCUT2D eigenvalue weighted by molar-refractivity contribution is 14.1. The van der Waals surface area contributed by atoms with Gasteiger partial charge in [-0.05, 0) is 34.7 Å². The maximum atomic E-state index is 10.8. The number of halogens is 1. The lowest BCUT2D eigenvalue weighted by atomic mass is 10.4. The second kappa shape index (κ2) is 3.54. The Morgan fingerprint density at radius 3 is 2.92 bits per heavy atom. The summed E-state index contributed by atoms with van der Waals surface area (Å²) in [4.78, 5) is 14.9. The predicted molar refractivity (Wildman–Crippen MR) is 58.7 cm³/mol. The Morgan fingerprint density at radius 1 is 1.46 bits per heavy atom. The van der Waals surface area contributed by atoms with Crippen molar-refractivity contribution in [2.75, 3.05) is 0 Å². The van der Waals surface area contributed by atoms with Crippen LogP contribution in [0, 0.1) is 3.70 Å². The third-order valence-electron chi connectivity index (χ3n) is 1.37. The van der Waals surface area contributed by atoms with Crippen molar-refractivity contribution in [3.63, 3.8) is 0 Å². The molecule has 13 heavy (non-hydrogen) atoms. The van der Waals surface area contributed by atoms with Crippen molar-refractivity contribution >= 4 is 33.9 Å². The molecule has 0 radical (unpaired) electrons. The monoisotopic (exact) mass is 305 g/mol. The van der Waals surface area contributed by atoms with Gasteiger partial charge >= 0.3 is 4.87 Å². The molecule has 0 fully saturated rings. The fourth-order valence-corrected chi connectivity index (χ4v) is 1.91. The fourth-order valence-electron chi connectivity index (χ4n) is 0.867. The van der Waals surface area contributed by atoms with Gasteiger partial charge in [-0.2, -0.15) is 5.10 Å². The van der Waals surface area contributed by atoms with E-state index in [-0.39, 0.29) is 4.87 Å². The molecule has 1 N–H and O–H groups in total. The summed E-state index contributed by atoms with van der Waals surface area (Å²) in [5.41, 5.74) is 0.732. The van der Waals surface area contributed by atoms with Crippen LogP contribution >= 0.6 is 33.9 Å². The molecule has 2 rings (SSSR count). The van der Waals surface area contributed by atoms with Gasteiger partial charge in [0.25, 0.3) is 0 Å². The van der Waals surface area contributed by atoms with Crippen molar-refractivity contribution in [3.8, 4) is 10.7 Å². The SMILES string of the molecule is O=c1[nH]nc(-c2cccc(I)n2)s1. The molecule has 66 valence electrons. The average Bonchev–Trinajstić information content (AvgIpc) is 2.52. The van der Waals surface area contributed by atoms with Crippen LogP contribution < -0.4 is 4.87 Å². The smallest absolute Gasteiger partial charge is 0.255 e. The molecule has 0 spiro atoms. The summed E-state index contributed by atoms with van der Waals surface area (Å²) >= 11 is 3.18. The zero-order valence-corrected chi connectivity index (χ0v) is 9.29. The van der Waals surface area contributed by atoms with Crippen LogP contribution in [0.4, 0.5) is 0 Å². The topological polar surface area (TPSA) is 58.6 Å². The van der Waals surface area contributed by atoms with Gasteiger partial charge < -0.3 is 0 Å². The van der Waals surface area contributed by atoms with E-state index in [0.717, 1.165) is 20.7 Å². The van der Waals surface area contributed by atoms with Crippen molar-refractivity contribution in [1.82, 2.24) is 15.2 Å². The second-order valence-corrected chi connectivity index (χ2v) is 4.33. The Morgan fingerprint density at radius 2 is 2.31 bits per heavy atom. The molecule has 0 aliphatic heterocycles. The first-order valence-electron chi connectivity index (χ1n) is 3.44. The summed E-state index contributed by atoms with van der Waals surface area (Å²) < 4.78 is 0.887. The lowest BCUT2D eigenvalue weighted by Crippen LogP contribution is -1.90. The van der Waals surface area contributed by atoms with Gasteiger partial charge in [0.15, 0.2) is 5.01 Å². The van der Waals surface area contributed by atoms with Crippen molar-refractivity contribution in [2.24, 2.45) is 0 Å². The summed E-state index contributed by atoms with van der Waals surface area (Å²) in [7, 11) is 0. The largest absolute Gasteiger partial charge is 0.322 e. The van der Waals surface area contributed by atoms with E-state index in [2.05, 4.69) is 37.8 Å². The van der Waals surface area contributed by atoms with E-state index < -0.39 is 0 Å². The summed E-state index contributed by atoms with van der Waals surface area (Å²) in [5.74, 6) is 0. The predicted octanol–water partition coefficient (Wildman–Crippen LogP) is 1.50. The van der Waals surface area contributed by atoms with Gasteiger partial charge in [0.05, 0.1) is 0 Å². The first kappa shape index (κ1) is 8.82. The molecule has 2 heterocycles. The van der Waals surface area contributed by atoms with Crippen molar-refractivity contribution in [1.29, 1.82) is 0 Å². The van der Waals surface area contributed by atoms with E-state index in [1.54, 1.807) is 0 Å². The van der Waals surface area contributed by atoms with Gasteiger partial charge in [0.1, 0.15) is 9.39 Å². The summed E-state index contributed by atoms with van der Waals surface area (Å²) in [6, 6.07) is 5.60. The average molecular weight is 305 g/mol. The third kappa shape index (κ3) is 1.94. The summed E-state index contributed by atoms with van der Waals surface area (Å²) in [5, 5.41) is 6.83. The highest BCUT2D eigenvalue weighted by atomic mass is 127. The highest BCUT2D eigenvalue weighted by Gasteiger charge is 2.04. The first-order chi connectivity index (χ1) is 6.25. The van der Waals surface area contributed by atoms with Crippen LogP contribution in [0.15, 0.2) is 23.0 Å². The molecule has 2 aromatic rings. The Bertz CT molecular complexity index is 478. The Hall–Kier alpha value is -0.760. The van der Waals surface area contributed by atoms with Crippen molar-refractivity contribution in [2.45, 2.75) is 0 Å². The van der Waals surface area contributed by atoms with E-state index in [4.69, 9.17) is 0 Å². The van der Waals surface area contributed by atoms with E-state index >= 15 is 0 Å². The zero-order chi connectivity index (χ0) is 9.26. The van der Waals surface area contributed by atoms with Gasteiger partial charge in [0.2, 0.25) is 0 Å². The van der Waals surface area contributed by atoms with Crippen LogP contribution in [0.1, 0.15) is 0 Å². The Kier molecular flexibility index (Phi) is 2.40. The van der Waals surface area contributed by atoms with Crippen LogP contribution in [-0.2, 0) is 0 Å². The fraction of sp³-hybridized carbons (Fsp3) is 0. The maximum Gasteiger partial charge on any atom is 0.322 e. The summed E-state index contributed by atoms with van der Waals surface area (Å²) in [6.07, 6.45) is 0. The van der Waals surface area contributed by atoms with E-state index in [1.165, 1.54) is 0 Å². The summed E-state index contributed by atoms with van der Waals surface area (Å²) in [6.45, 7) is 0. The molecule has 2 aromatic heterocycles. The molecule has 0 saturated heterocycles. The van der Waals surface area contributed by atoms with E-state index in [1.807, 2.05) is 18.2 Å². The van der Waals surface area contributed by atoms with Crippen LogP contribution in [-0.4, -0.2) is 15.2 Å². The van der Waals surface area contributed by atoms with Gasteiger partial charge in [-0.15, -0.1) is 0 Å². The molecule has 0 aromatic carbocycles. The molecule has 0 saturated carbocycles. The molecule has 0 aliphatic rings. The number of nitrogens with one attached hydrogen (secondary N) is 1. The number of pyridine rings is 1. The lowest BCUT2D eigenvalue weighted by Gasteiger charge is -1.93. The van der Waals surface area contributed by atoms with Gasteiger partial charge in [0, 0.05) is 0 Å².